The number of ether oxygens (including phenoxy) is 1. The third-order valence-corrected chi connectivity index (χ3v) is 4.36. The number of nitrogens with zero attached hydrogens (tertiary/aromatic N) is 2. The summed E-state index contributed by atoms with van der Waals surface area (Å²) in [6, 6.07) is 17.4. The van der Waals surface area contributed by atoms with Gasteiger partial charge in [0.15, 0.2) is 0 Å². The van der Waals surface area contributed by atoms with Crippen LogP contribution in [-0.4, -0.2) is 22.3 Å². The third-order valence-electron chi connectivity index (χ3n) is 4.36. The van der Waals surface area contributed by atoms with Crippen LogP contribution in [0.5, 0.6) is 5.75 Å². The molecule has 144 valence electrons. The highest BCUT2D eigenvalue weighted by Gasteiger charge is 2.11. The van der Waals surface area contributed by atoms with Crippen LogP contribution in [0.3, 0.4) is 0 Å². The molecule has 0 spiro atoms. The fourth-order valence-electron chi connectivity index (χ4n) is 2.96. The van der Waals surface area contributed by atoms with E-state index in [1.54, 1.807) is 0 Å². The van der Waals surface area contributed by atoms with Gasteiger partial charge in [0, 0.05) is 17.3 Å². The van der Waals surface area contributed by atoms with Crippen molar-refractivity contribution in [3.8, 4) is 11.4 Å². The molecular weight excluding hydrogens is 350 g/mol. The molecule has 0 fully saturated rings. The summed E-state index contributed by atoms with van der Waals surface area (Å²) >= 11 is 0. The Morgan fingerprint density at radius 3 is 2.57 bits per heavy atom. The molecule has 0 radical (unpaired) electrons. The second-order valence-electron chi connectivity index (χ2n) is 6.50. The number of benzene rings is 2. The van der Waals surface area contributed by atoms with Crippen molar-refractivity contribution < 1.29 is 9.53 Å². The van der Waals surface area contributed by atoms with E-state index in [0.717, 1.165) is 29.1 Å². The van der Waals surface area contributed by atoms with E-state index in [1.165, 1.54) is 6.08 Å². The predicted octanol–water partition coefficient (Wildman–Crippen LogP) is 4.93. The van der Waals surface area contributed by atoms with Gasteiger partial charge in [0.1, 0.15) is 5.75 Å². The lowest BCUT2D eigenvalue weighted by Gasteiger charge is -2.10. The molecule has 1 amide bonds. The van der Waals surface area contributed by atoms with Gasteiger partial charge in [0.25, 0.3) is 0 Å². The van der Waals surface area contributed by atoms with Crippen molar-refractivity contribution >= 4 is 17.7 Å². The average molecular weight is 375 g/mol. The third kappa shape index (κ3) is 4.49. The smallest absolute Gasteiger partial charge is 0.248 e. The summed E-state index contributed by atoms with van der Waals surface area (Å²) < 4.78 is 7.58. The zero-order valence-electron chi connectivity index (χ0n) is 16.5. The second-order valence-corrected chi connectivity index (χ2v) is 6.50. The normalized spacial score (nSPS) is 11.0. The number of para-hydroxylation sites is 3. The first-order valence-corrected chi connectivity index (χ1v) is 9.42. The molecule has 0 aliphatic carbocycles. The van der Waals surface area contributed by atoms with Crippen LogP contribution in [0, 0.1) is 13.8 Å². The predicted molar refractivity (Wildman–Crippen MR) is 113 cm³/mol. The number of anilines is 1. The van der Waals surface area contributed by atoms with Crippen molar-refractivity contribution in [2.24, 2.45) is 0 Å². The van der Waals surface area contributed by atoms with Gasteiger partial charge in [-0.2, -0.15) is 5.10 Å². The van der Waals surface area contributed by atoms with E-state index in [9.17, 15) is 4.79 Å². The Labute approximate surface area is 165 Å². The fourth-order valence-corrected chi connectivity index (χ4v) is 2.96. The van der Waals surface area contributed by atoms with Gasteiger partial charge >= 0.3 is 0 Å². The quantitative estimate of drug-likeness (QED) is 0.596. The number of hydrogen-bond acceptors (Lipinski definition) is 3. The van der Waals surface area contributed by atoms with Crippen LogP contribution in [-0.2, 0) is 4.79 Å². The number of aryl methyl sites for hydroxylation is 1. The summed E-state index contributed by atoms with van der Waals surface area (Å²) in [4.78, 5) is 12.4. The molecule has 0 saturated carbocycles. The monoisotopic (exact) mass is 375 g/mol. The standard InChI is InChI=1S/C23H25N3O2/c1-4-16-28-22-13-9-8-12-21(22)24-23(27)15-14-20-17(2)25-26(18(20)3)19-10-6-5-7-11-19/h5-15H,4,16H2,1-3H3,(H,24,27)/b15-14+. The molecule has 1 aromatic heterocycles. The molecular formula is C23H25N3O2. The minimum Gasteiger partial charge on any atom is -0.491 e. The van der Waals surface area contributed by atoms with Crippen molar-refractivity contribution in [2.75, 3.05) is 11.9 Å². The molecule has 5 heteroatoms. The molecule has 0 bridgehead atoms. The van der Waals surface area contributed by atoms with Gasteiger partial charge in [0.2, 0.25) is 5.91 Å². The number of carbonyl (C=O) groups excluding carboxylic acids is 1. The Hall–Kier alpha value is -3.34. The molecule has 3 rings (SSSR count). The Kier molecular flexibility index (Phi) is 6.27. The Morgan fingerprint density at radius 2 is 1.82 bits per heavy atom. The molecule has 28 heavy (non-hydrogen) atoms. The number of aromatic nitrogens is 2. The largest absolute Gasteiger partial charge is 0.491 e. The highest BCUT2D eigenvalue weighted by molar-refractivity contribution is 6.02. The van der Waals surface area contributed by atoms with Gasteiger partial charge < -0.3 is 10.1 Å². The summed E-state index contributed by atoms with van der Waals surface area (Å²) in [6.45, 7) is 6.60. The van der Waals surface area contributed by atoms with Gasteiger partial charge in [-0.3, -0.25) is 4.79 Å². The van der Waals surface area contributed by atoms with Crippen LogP contribution in [0.1, 0.15) is 30.3 Å². The average Bonchev–Trinajstić information content (AvgIpc) is 3.00. The Morgan fingerprint density at radius 1 is 1.11 bits per heavy atom. The Bertz CT molecular complexity index is 975. The highest BCUT2D eigenvalue weighted by Crippen LogP contribution is 2.24. The van der Waals surface area contributed by atoms with Gasteiger partial charge in [0.05, 0.1) is 23.7 Å². The minimum absolute atomic E-state index is 0.209. The number of nitrogens with one attached hydrogen (secondary N) is 1. The first-order chi connectivity index (χ1) is 13.6. The van der Waals surface area contributed by atoms with Crippen LogP contribution < -0.4 is 10.1 Å². The van der Waals surface area contributed by atoms with Crippen LogP contribution in [0.2, 0.25) is 0 Å². The lowest BCUT2D eigenvalue weighted by Crippen LogP contribution is -2.09. The zero-order chi connectivity index (χ0) is 19.9. The maximum Gasteiger partial charge on any atom is 0.248 e. The van der Waals surface area contributed by atoms with Crippen molar-refractivity contribution in [1.29, 1.82) is 0 Å². The van der Waals surface area contributed by atoms with E-state index in [2.05, 4.69) is 10.4 Å². The maximum atomic E-state index is 12.4. The van der Waals surface area contributed by atoms with Gasteiger partial charge in [-0.1, -0.05) is 37.3 Å². The van der Waals surface area contributed by atoms with E-state index in [1.807, 2.05) is 86.1 Å². The second kappa shape index (κ2) is 9.04. The molecule has 1 N–H and O–H groups in total. The number of hydrogen-bond donors (Lipinski definition) is 1. The summed E-state index contributed by atoms with van der Waals surface area (Å²) in [5.41, 5.74) is 4.46. The van der Waals surface area contributed by atoms with E-state index in [0.29, 0.717) is 18.0 Å². The topological polar surface area (TPSA) is 56.1 Å². The van der Waals surface area contributed by atoms with Gasteiger partial charge in [-0.15, -0.1) is 0 Å². The van der Waals surface area contributed by atoms with Crippen LogP contribution >= 0.6 is 0 Å². The molecule has 5 nitrogen and oxygen atoms in total. The molecule has 3 aromatic rings. The summed E-state index contributed by atoms with van der Waals surface area (Å²) in [7, 11) is 0. The number of rotatable bonds is 7. The summed E-state index contributed by atoms with van der Waals surface area (Å²) in [5, 5.41) is 7.49. The maximum absolute atomic E-state index is 12.4. The number of amides is 1. The summed E-state index contributed by atoms with van der Waals surface area (Å²) in [6.07, 6.45) is 4.25. The molecule has 0 aliphatic heterocycles. The first kappa shape index (κ1) is 19.4. The molecule has 0 aliphatic rings. The van der Waals surface area contributed by atoms with Crippen molar-refractivity contribution in [3.05, 3.63) is 77.6 Å². The van der Waals surface area contributed by atoms with E-state index in [4.69, 9.17) is 4.74 Å². The van der Waals surface area contributed by atoms with Gasteiger partial charge in [-0.05, 0) is 50.6 Å². The summed E-state index contributed by atoms with van der Waals surface area (Å²) in [5.74, 6) is 0.467. The SMILES string of the molecule is CCCOc1ccccc1NC(=O)/C=C/c1c(C)nn(-c2ccccc2)c1C. The molecule has 0 saturated heterocycles. The highest BCUT2D eigenvalue weighted by atomic mass is 16.5. The number of carbonyl (C=O) groups is 1. The van der Waals surface area contributed by atoms with Gasteiger partial charge in [-0.25, -0.2) is 4.68 Å². The van der Waals surface area contributed by atoms with Crippen molar-refractivity contribution in [1.82, 2.24) is 9.78 Å². The van der Waals surface area contributed by atoms with Crippen molar-refractivity contribution in [3.63, 3.8) is 0 Å². The molecule has 0 atom stereocenters. The van der Waals surface area contributed by atoms with Crippen molar-refractivity contribution in [2.45, 2.75) is 27.2 Å². The molecule has 2 aromatic carbocycles. The van der Waals surface area contributed by atoms with Crippen LogP contribution in [0.15, 0.2) is 60.7 Å². The lowest BCUT2D eigenvalue weighted by atomic mass is 10.2. The van der Waals surface area contributed by atoms with Crippen LogP contribution in [0.4, 0.5) is 5.69 Å². The van der Waals surface area contributed by atoms with Crippen LogP contribution in [0.25, 0.3) is 11.8 Å². The lowest BCUT2D eigenvalue weighted by molar-refractivity contribution is -0.111. The zero-order valence-corrected chi connectivity index (χ0v) is 16.5. The molecule has 0 unspecified atom stereocenters. The fraction of sp³-hybridized carbons (Fsp3) is 0.217. The van der Waals surface area contributed by atoms with E-state index >= 15 is 0 Å². The van der Waals surface area contributed by atoms with E-state index in [-0.39, 0.29) is 5.91 Å². The Balaban J connectivity index is 1.76. The van der Waals surface area contributed by atoms with E-state index < -0.39 is 0 Å². The minimum atomic E-state index is -0.209. The molecule has 1 heterocycles. The first-order valence-electron chi connectivity index (χ1n) is 9.42.